The molecule has 0 atom stereocenters. The molecule has 1 aromatic heterocycles. The maximum atomic E-state index is 13.3. The number of morpholine rings is 1. The van der Waals surface area contributed by atoms with Crippen LogP contribution in [0.25, 0.3) is 5.69 Å². The summed E-state index contributed by atoms with van der Waals surface area (Å²) in [6.45, 7) is 6.61. The lowest BCUT2D eigenvalue weighted by molar-refractivity contribution is 0.0332. The molecule has 0 unspecified atom stereocenters. The van der Waals surface area contributed by atoms with E-state index in [0.29, 0.717) is 17.5 Å². The molecule has 3 heterocycles. The fourth-order valence-electron chi connectivity index (χ4n) is 4.70. The molecule has 31 heavy (non-hydrogen) atoms. The van der Waals surface area contributed by atoms with Crippen LogP contribution in [0.3, 0.4) is 0 Å². The number of piperidine rings is 1. The van der Waals surface area contributed by atoms with Gasteiger partial charge in [0.1, 0.15) is 0 Å². The SMILES string of the molecule is O=C(c1nnn(-c2ccc(Br)cc2)c1C1CC1)N1CCC(CCN2CCOCC2)CC1. The van der Waals surface area contributed by atoms with Crippen molar-refractivity contribution in [2.24, 2.45) is 5.92 Å². The summed E-state index contributed by atoms with van der Waals surface area (Å²) in [6, 6.07) is 8.02. The number of hydrogen-bond acceptors (Lipinski definition) is 5. The predicted octanol–water partition coefficient (Wildman–Crippen LogP) is 3.48. The highest BCUT2D eigenvalue weighted by Gasteiger charge is 2.36. The summed E-state index contributed by atoms with van der Waals surface area (Å²) in [5.74, 6) is 1.15. The molecule has 0 N–H and O–H groups in total. The van der Waals surface area contributed by atoms with E-state index in [1.807, 2.05) is 33.8 Å². The van der Waals surface area contributed by atoms with E-state index in [2.05, 4.69) is 31.1 Å². The molecule has 1 aromatic carbocycles. The van der Waals surface area contributed by atoms with Gasteiger partial charge in [-0.1, -0.05) is 21.1 Å². The standard InChI is InChI=1S/C23H30BrN5O2/c24-19-3-5-20(6-4-19)29-22(18-1-2-18)21(25-26-29)23(30)28-11-8-17(9-12-28)7-10-27-13-15-31-16-14-27/h3-6,17-18H,1-2,7-16H2. The van der Waals surface area contributed by atoms with Crippen molar-refractivity contribution in [3.8, 4) is 5.69 Å². The molecule has 3 aliphatic rings. The van der Waals surface area contributed by atoms with Crippen molar-refractivity contribution in [2.75, 3.05) is 45.9 Å². The highest BCUT2D eigenvalue weighted by atomic mass is 79.9. The first-order chi connectivity index (χ1) is 15.2. The van der Waals surface area contributed by atoms with Crippen molar-refractivity contribution in [1.82, 2.24) is 24.8 Å². The third-order valence-electron chi connectivity index (χ3n) is 6.80. The Bertz CT molecular complexity index is 897. The molecule has 0 spiro atoms. The monoisotopic (exact) mass is 487 g/mol. The van der Waals surface area contributed by atoms with Gasteiger partial charge in [-0.2, -0.15) is 0 Å². The first-order valence-electron chi connectivity index (χ1n) is 11.5. The van der Waals surface area contributed by atoms with Crippen molar-refractivity contribution in [1.29, 1.82) is 0 Å². The molecule has 2 aromatic rings. The Labute approximate surface area is 191 Å². The number of aromatic nitrogens is 3. The Morgan fingerprint density at radius 3 is 2.42 bits per heavy atom. The Balaban J connectivity index is 1.22. The molecule has 5 rings (SSSR count). The summed E-state index contributed by atoms with van der Waals surface area (Å²) in [5.41, 5.74) is 2.50. The van der Waals surface area contributed by atoms with Crippen molar-refractivity contribution in [3.05, 3.63) is 40.1 Å². The molecule has 0 bridgehead atoms. The van der Waals surface area contributed by atoms with Crippen LogP contribution in [0.4, 0.5) is 0 Å². The maximum absolute atomic E-state index is 13.3. The van der Waals surface area contributed by atoms with E-state index in [4.69, 9.17) is 4.74 Å². The lowest BCUT2D eigenvalue weighted by atomic mass is 9.93. The van der Waals surface area contributed by atoms with E-state index in [9.17, 15) is 4.79 Å². The van der Waals surface area contributed by atoms with E-state index < -0.39 is 0 Å². The van der Waals surface area contributed by atoms with Crippen LogP contribution in [-0.4, -0.2) is 76.6 Å². The number of carbonyl (C=O) groups excluding carboxylic acids is 1. The summed E-state index contributed by atoms with van der Waals surface area (Å²) in [4.78, 5) is 17.8. The molecule has 2 saturated heterocycles. The van der Waals surface area contributed by atoms with Gasteiger partial charge in [-0.05, 0) is 68.8 Å². The second-order valence-corrected chi connectivity index (χ2v) is 9.88. The number of likely N-dealkylation sites (tertiary alicyclic amines) is 1. The molecular weight excluding hydrogens is 458 g/mol. The topological polar surface area (TPSA) is 63.5 Å². The number of nitrogens with zero attached hydrogens (tertiary/aromatic N) is 5. The molecule has 3 fully saturated rings. The Kier molecular flexibility index (Phi) is 6.39. The summed E-state index contributed by atoms with van der Waals surface area (Å²) < 4.78 is 8.33. The largest absolute Gasteiger partial charge is 0.379 e. The van der Waals surface area contributed by atoms with Crippen LogP contribution < -0.4 is 0 Å². The predicted molar refractivity (Wildman–Crippen MR) is 122 cm³/mol. The highest BCUT2D eigenvalue weighted by molar-refractivity contribution is 9.10. The Morgan fingerprint density at radius 1 is 1.03 bits per heavy atom. The van der Waals surface area contributed by atoms with Gasteiger partial charge >= 0.3 is 0 Å². The Morgan fingerprint density at radius 2 is 1.74 bits per heavy atom. The molecule has 1 aliphatic carbocycles. The number of rotatable bonds is 6. The van der Waals surface area contributed by atoms with Crippen LogP contribution in [0, 0.1) is 5.92 Å². The fourth-order valence-corrected chi connectivity index (χ4v) is 4.97. The van der Waals surface area contributed by atoms with E-state index in [0.717, 1.165) is 87.5 Å². The molecule has 0 radical (unpaired) electrons. The van der Waals surface area contributed by atoms with Crippen LogP contribution in [0.5, 0.6) is 0 Å². The second kappa shape index (κ2) is 9.38. The number of carbonyl (C=O) groups is 1. The third kappa shape index (κ3) is 4.86. The zero-order valence-electron chi connectivity index (χ0n) is 17.9. The fraction of sp³-hybridized carbons (Fsp3) is 0.609. The minimum Gasteiger partial charge on any atom is -0.379 e. The third-order valence-corrected chi connectivity index (χ3v) is 7.33. The molecule has 7 nitrogen and oxygen atoms in total. The van der Waals surface area contributed by atoms with Crippen LogP contribution in [-0.2, 0) is 4.74 Å². The van der Waals surface area contributed by atoms with Crippen molar-refractivity contribution in [3.63, 3.8) is 0 Å². The van der Waals surface area contributed by atoms with Gasteiger partial charge < -0.3 is 9.64 Å². The van der Waals surface area contributed by atoms with Gasteiger partial charge in [-0.3, -0.25) is 9.69 Å². The highest BCUT2D eigenvalue weighted by Crippen LogP contribution is 2.42. The van der Waals surface area contributed by atoms with Crippen LogP contribution >= 0.6 is 15.9 Å². The zero-order chi connectivity index (χ0) is 21.2. The van der Waals surface area contributed by atoms with E-state index in [1.165, 1.54) is 6.42 Å². The van der Waals surface area contributed by atoms with E-state index in [1.54, 1.807) is 0 Å². The molecule has 1 amide bonds. The van der Waals surface area contributed by atoms with Crippen LogP contribution in [0.15, 0.2) is 28.7 Å². The average molecular weight is 488 g/mol. The quantitative estimate of drug-likeness (QED) is 0.623. The molecule has 166 valence electrons. The van der Waals surface area contributed by atoms with Gasteiger partial charge in [-0.25, -0.2) is 4.68 Å². The number of benzene rings is 1. The minimum atomic E-state index is 0.0527. The van der Waals surface area contributed by atoms with Gasteiger partial charge in [0, 0.05) is 36.6 Å². The number of halogens is 1. The smallest absolute Gasteiger partial charge is 0.276 e. The van der Waals surface area contributed by atoms with Crippen molar-refractivity contribution >= 4 is 21.8 Å². The number of amides is 1. The molecule has 1 saturated carbocycles. The molecule has 8 heteroatoms. The van der Waals surface area contributed by atoms with Crippen molar-refractivity contribution < 1.29 is 9.53 Å². The molecule has 2 aliphatic heterocycles. The van der Waals surface area contributed by atoms with Gasteiger partial charge in [0.05, 0.1) is 24.6 Å². The number of ether oxygens (including phenoxy) is 1. The molecular formula is C23H30BrN5O2. The van der Waals surface area contributed by atoms with Crippen molar-refractivity contribution in [2.45, 2.75) is 38.0 Å². The van der Waals surface area contributed by atoms with Gasteiger partial charge in [0.25, 0.3) is 5.91 Å². The number of hydrogen-bond donors (Lipinski definition) is 0. The first-order valence-corrected chi connectivity index (χ1v) is 12.3. The lowest BCUT2D eigenvalue weighted by Crippen LogP contribution is -2.41. The zero-order valence-corrected chi connectivity index (χ0v) is 19.5. The average Bonchev–Trinajstić information content (AvgIpc) is 3.57. The van der Waals surface area contributed by atoms with Gasteiger partial charge in [0.15, 0.2) is 5.69 Å². The first kappa shape index (κ1) is 21.1. The van der Waals surface area contributed by atoms with Crippen LogP contribution in [0.1, 0.15) is 54.2 Å². The summed E-state index contributed by atoms with van der Waals surface area (Å²) in [7, 11) is 0. The lowest BCUT2D eigenvalue weighted by Gasteiger charge is -2.33. The minimum absolute atomic E-state index is 0.0527. The van der Waals surface area contributed by atoms with E-state index >= 15 is 0 Å². The summed E-state index contributed by atoms with van der Waals surface area (Å²) in [5, 5.41) is 8.74. The summed E-state index contributed by atoms with van der Waals surface area (Å²) >= 11 is 3.48. The Hall–Kier alpha value is -1.77. The second-order valence-electron chi connectivity index (χ2n) is 8.96. The van der Waals surface area contributed by atoms with Crippen LogP contribution in [0.2, 0.25) is 0 Å². The van der Waals surface area contributed by atoms with Gasteiger partial charge in [0.2, 0.25) is 0 Å². The van der Waals surface area contributed by atoms with E-state index in [-0.39, 0.29) is 5.91 Å². The van der Waals surface area contributed by atoms with Gasteiger partial charge in [-0.15, -0.1) is 5.10 Å². The maximum Gasteiger partial charge on any atom is 0.276 e. The normalized spacial score (nSPS) is 20.9. The summed E-state index contributed by atoms with van der Waals surface area (Å²) in [6.07, 6.45) is 5.59.